The van der Waals surface area contributed by atoms with Gasteiger partial charge in [-0.3, -0.25) is 14.4 Å². The van der Waals surface area contributed by atoms with Crippen LogP contribution in [0.15, 0.2) is 24.4 Å². The Bertz CT molecular complexity index is 728. The molecule has 0 unspecified atom stereocenters. The Balaban J connectivity index is 1.60. The Morgan fingerprint density at radius 3 is 3.08 bits per heavy atom. The number of ether oxygens (including phenoxy) is 1. The smallest absolute Gasteiger partial charge is 0.257 e. The summed E-state index contributed by atoms with van der Waals surface area (Å²) in [6.07, 6.45) is 4.04. The van der Waals surface area contributed by atoms with Gasteiger partial charge in [0.25, 0.3) is 5.91 Å². The zero-order valence-corrected chi connectivity index (χ0v) is 14.9. The van der Waals surface area contributed by atoms with Crippen LogP contribution in [0.4, 0.5) is 0 Å². The molecule has 25 heavy (non-hydrogen) atoms. The first kappa shape index (κ1) is 17.4. The van der Waals surface area contributed by atoms with Crippen molar-refractivity contribution >= 4 is 5.91 Å². The second-order valence-corrected chi connectivity index (χ2v) is 6.22. The maximum absolute atomic E-state index is 12.3. The molecule has 2 aromatic heterocycles. The van der Waals surface area contributed by atoms with E-state index in [2.05, 4.69) is 38.0 Å². The van der Waals surface area contributed by atoms with E-state index in [0.717, 1.165) is 31.9 Å². The van der Waals surface area contributed by atoms with Gasteiger partial charge in [-0.2, -0.15) is 5.10 Å². The minimum absolute atomic E-state index is 0.208. The highest BCUT2D eigenvalue weighted by Gasteiger charge is 2.18. The van der Waals surface area contributed by atoms with Crippen LogP contribution in [0.3, 0.4) is 0 Å². The fourth-order valence-electron chi connectivity index (χ4n) is 3.03. The van der Waals surface area contributed by atoms with Crippen molar-refractivity contribution in [1.82, 2.24) is 25.0 Å². The minimum Gasteiger partial charge on any atom is -0.480 e. The molecule has 1 N–H and O–H groups in total. The molecule has 134 valence electrons. The Hall–Kier alpha value is -2.41. The molecule has 0 saturated heterocycles. The van der Waals surface area contributed by atoms with Gasteiger partial charge < -0.3 is 10.1 Å². The highest BCUT2D eigenvalue weighted by molar-refractivity contribution is 5.96. The number of pyridine rings is 1. The zero-order valence-electron chi connectivity index (χ0n) is 14.9. The molecule has 0 spiro atoms. The molecule has 1 amide bonds. The number of aromatic nitrogens is 3. The van der Waals surface area contributed by atoms with E-state index in [1.165, 1.54) is 25.6 Å². The van der Waals surface area contributed by atoms with Crippen LogP contribution in [0.5, 0.6) is 5.88 Å². The number of nitrogens with zero attached hydrogens (tertiary/aromatic N) is 4. The Labute approximate surface area is 148 Å². The average Bonchev–Trinajstić information content (AvgIpc) is 3.06. The summed E-state index contributed by atoms with van der Waals surface area (Å²) in [5.41, 5.74) is 2.52. The summed E-state index contributed by atoms with van der Waals surface area (Å²) in [5, 5.41) is 7.50. The molecule has 0 saturated carbocycles. The Morgan fingerprint density at radius 2 is 2.28 bits per heavy atom. The number of methoxy groups -OCH3 is 1. The number of fused-ring (bicyclic) bond motifs is 1. The summed E-state index contributed by atoms with van der Waals surface area (Å²) in [6, 6.07) is 5.50. The van der Waals surface area contributed by atoms with E-state index in [1.54, 1.807) is 18.3 Å². The quantitative estimate of drug-likeness (QED) is 0.830. The molecule has 1 aliphatic rings. The van der Waals surface area contributed by atoms with Crippen molar-refractivity contribution in [2.75, 3.05) is 20.2 Å². The third kappa shape index (κ3) is 4.17. The molecular weight excluding hydrogens is 318 g/mol. The predicted molar refractivity (Wildman–Crippen MR) is 94.4 cm³/mol. The van der Waals surface area contributed by atoms with Crippen molar-refractivity contribution in [2.24, 2.45) is 0 Å². The van der Waals surface area contributed by atoms with E-state index in [4.69, 9.17) is 4.74 Å². The first-order valence-corrected chi connectivity index (χ1v) is 8.76. The molecule has 0 aliphatic carbocycles. The summed E-state index contributed by atoms with van der Waals surface area (Å²) in [4.78, 5) is 18.8. The number of hydrogen-bond donors (Lipinski definition) is 1. The van der Waals surface area contributed by atoms with E-state index >= 15 is 0 Å². The van der Waals surface area contributed by atoms with Gasteiger partial charge in [0, 0.05) is 19.3 Å². The summed E-state index contributed by atoms with van der Waals surface area (Å²) in [6.45, 7) is 6.61. The van der Waals surface area contributed by atoms with Gasteiger partial charge in [-0.1, -0.05) is 13.3 Å². The number of amides is 1. The van der Waals surface area contributed by atoms with Crippen LogP contribution in [-0.4, -0.2) is 45.8 Å². The van der Waals surface area contributed by atoms with Gasteiger partial charge in [-0.05, 0) is 31.2 Å². The lowest BCUT2D eigenvalue weighted by atomic mass is 10.2. The number of unbranched alkanes of at least 4 members (excludes halogenated alkanes) is 1. The largest absolute Gasteiger partial charge is 0.480 e. The first-order chi connectivity index (χ1) is 12.2. The van der Waals surface area contributed by atoms with Crippen molar-refractivity contribution in [1.29, 1.82) is 0 Å². The van der Waals surface area contributed by atoms with Crippen molar-refractivity contribution in [2.45, 2.75) is 39.4 Å². The van der Waals surface area contributed by atoms with Crippen molar-refractivity contribution in [3.8, 4) is 5.88 Å². The maximum atomic E-state index is 12.3. The molecule has 0 radical (unpaired) electrons. The van der Waals surface area contributed by atoms with Crippen LogP contribution in [0.25, 0.3) is 0 Å². The van der Waals surface area contributed by atoms with Gasteiger partial charge >= 0.3 is 0 Å². The van der Waals surface area contributed by atoms with Gasteiger partial charge in [0.1, 0.15) is 5.56 Å². The third-order valence-corrected chi connectivity index (χ3v) is 4.39. The van der Waals surface area contributed by atoms with Crippen molar-refractivity contribution in [3.63, 3.8) is 0 Å². The fraction of sp³-hybridized carbons (Fsp3) is 0.500. The highest BCUT2D eigenvalue weighted by atomic mass is 16.5. The second-order valence-electron chi connectivity index (χ2n) is 6.22. The zero-order chi connectivity index (χ0) is 17.6. The molecule has 3 heterocycles. The van der Waals surface area contributed by atoms with Gasteiger partial charge in [0.15, 0.2) is 0 Å². The molecule has 7 nitrogen and oxygen atoms in total. The molecule has 1 aliphatic heterocycles. The lowest BCUT2D eigenvalue weighted by molar-refractivity contribution is 0.0946. The molecule has 3 rings (SSSR count). The van der Waals surface area contributed by atoms with Crippen LogP contribution in [0, 0.1) is 0 Å². The number of carbonyl (C=O) groups is 1. The van der Waals surface area contributed by atoms with E-state index < -0.39 is 0 Å². The lowest BCUT2D eigenvalue weighted by Gasteiger charge is -2.27. The predicted octanol–water partition coefficient (Wildman–Crippen LogP) is 1.83. The summed E-state index contributed by atoms with van der Waals surface area (Å²) < 4.78 is 7.18. The summed E-state index contributed by atoms with van der Waals surface area (Å²) >= 11 is 0. The molecular formula is C18H25N5O2. The van der Waals surface area contributed by atoms with Gasteiger partial charge in [0.05, 0.1) is 31.6 Å². The van der Waals surface area contributed by atoms with Crippen LogP contribution in [-0.2, 0) is 19.6 Å². The lowest BCUT2D eigenvalue weighted by Crippen LogP contribution is -2.34. The number of hydrogen-bond acceptors (Lipinski definition) is 5. The van der Waals surface area contributed by atoms with Crippen molar-refractivity contribution < 1.29 is 9.53 Å². The Kier molecular flexibility index (Phi) is 5.65. The standard InChI is InChI=1S/C18H25N5O2/c1-3-4-8-22-9-10-23-15(13-22)11-14(21-23)12-20-17(24)16-6-5-7-19-18(16)25-2/h5-7,11H,3-4,8-10,12-13H2,1-2H3,(H,20,24). The van der Waals surface area contributed by atoms with Crippen LogP contribution in [0.1, 0.15) is 41.5 Å². The minimum atomic E-state index is -0.208. The van der Waals surface area contributed by atoms with Gasteiger partial charge in [0.2, 0.25) is 5.88 Å². The van der Waals surface area contributed by atoms with Crippen LogP contribution < -0.4 is 10.1 Å². The molecule has 0 atom stereocenters. The monoisotopic (exact) mass is 343 g/mol. The number of carbonyl (C=O) groups excluding carboxylic acids is 1. The molecule has 0 aromatic carbocycles. The molecule has 0 fully saturated rings. The molecule has 2 aromatic rings. The van der Waals surface area contributed by atoms with Gasteiger partial charge in [-0.25, -0.2) is 4.98 Å². The SMILES string of the molecule is CCCCN1CCn2nc(CNC(=O)c3cccnc3OC)cc2C1. The maximum Gasteiger partial charge on any atom is 0.257 e. The van der Waals surface area contributed by atoms with Crippen LogP contribution >= 0.6 is 0 Å². The fourth-order valence-corrected chi connectivity index (χ4v) is 3.03. The van der Waals surface area contributed by atoms with E-state index in [1.807, 2.05) is 0 Å². The Morgan fingerprint density at radius 1 is 1.40 bits per heavy atom. The normalized spacial score (nSPS) is 14.2. The van der Waals surface area contributed by atoms with Gasteiger partial charge in [-0.15, -0.1) is 0 Å². The third-order valence-electron chi connectivity index (χ3n) is 4.39. The summed E-state index contributed by atoms with van der Waals surface area (Å²) in [5.74, 6) is 0.121. The second kappa shape index (κ2) is 8.11. The van der Waals surface area contributed by atoms with E-state index in [-0.39, 0.29) is 5.91 Å². The van der Waals surface area contributed by atoms with Crippen molar-refractivity contribution in [3.05, 3.63) is 41.3 Å². The molecule has 0 bridgehead atoms. The topological polar surface area (TPSA) is 72.3 Å². The molecule has 7 heteroatoms. The van der Waals surface area contributed by atoms with E-state index in [0.29, 0.717) is 18.0 Å². The highest BCUT2D eigenvalue weighted by Crippen LogP contribution is 2.16. The average molecular weight is 343 g/mol. The first-order valence-electron chi connectivity index (χ1n) is 8.76. The number of rotatable bonds is 7. The van der Waals surface area contributed by atoms with Crippen LogP contribution in [0.2, 0.25) is 0 Å². The summed E-state index contributed by atoms with van der Waals surface area (Å²) in [7, 11) is 1.51. The van der Waals surface area contributed by atoms with E-state index in [9.17, 15) is 4.79 Å². The number of nitrogens with one attached hydrogen (secondary N) is 1.